The van der Waals surface area contributed by atoms with Crippen molar-refractivity contribution in [3.8, 4) is 0 Å². The summed E-state index contributed by atoms with van der Waals surface area (Å²) in [5.41, 5.74) is 8.27. The highest BCUT2D eigenvalue weighted by atomic mass is 16.3. The van der Waals surface area contributed by atoms with Crippen molar-refractivity contribution in [1.29, 1.82) is 0 Å². The van der Waals surface area contributed by atoms with Gasteiger partial charge in [-0.3, -0.25) is 0 Å². The molecular weight excluding hydrogens is 210 g/mol. The lowest BCUT2D eigenvalue weighted by molar-refractivity contribution is 0.594. The summed E-state index contributed by atoms with van der Waals surface area (Å²) in [6.07, 6.45) is 6.75. The van der Waals surface area contributed by atoms with Gasteiger partial charge in [0.2, 0.25) is 0 Å². The van der Waals surface area contributed by atoms with Crippen LogP contribution in [-0.4, -0.2) is 6.04 Å². The maximum absolute atomic E-state index is 6.04. The number of nitrogens with two attached hydrogens (primary N) is 1. The maximum Gasteiger partial charge on any atom is 0.134 e. The third-order valence-corrected chi connectivity index (χ3v) is 3.39. The van der Waals surface area contributed by atoms with E-state index in [4.69, 9.17) is 10.2 Å². The quantitative estimate of drug-likeness (QED) is 0.806. The van der Waals surface area contributed by atoms with E-state index in [2.05, 4.69) is 18.2 Å². The molecule has 0 radical (unpaired) electrons. The van der Waals surface area contributed by atoms with E-state index >= 15 is 0 Å². The second-order valence-corrected chi connectivity index (χ2v) is 4.75. The Morgan fingerprint density at radius 2 is 2.06 bits per heavy atom. The third kappa shape index (κ3) is 2.13. The fourth-order valence-electron chi connectivity index (χ4n) is 2.47. The molecule has 0 aliphatic heterocycles. The Morgan fingerprint density at radius 1 is 1.18 bits per heavy atom. The van der Waals surface area contributed by atoms with E-state index < -0.39 is 0 Å². The van der Waals surface area contributed by atoms with Gasteiger partial charge < -0.3 is 10.2 Å². The molecule has 1 unspecified atom stereocenters. The van der Waals surface area contributed by atoms with Gasteiger partial charge in [0.05, 0.1) is 0 Å². The first-order valence-corrected chi connectivity index (χ1v) is 6.28. The molecule has 17 heavy (non-hydrogen) atoms. The van der Waals surface area contributed by atoms with E-state index in [1.165, 1.54) is 23.8 Å². The fourth-order valence-corrected chi connectivity index (χ4v) is 2.47. The van der Waals surface area contributed by atoms with Crippen molar-refractivity contribution in [2.75, 3.05) is 0 Å². The second-order valence-electron chi connectivity index (χ2n) is 4.75. The number of hydrogen-bond acceptors (Lipinski definition) is 2. The molecule has 0 saturated heterocycles. The minimum atomic E-state index is 0.181. The average Bonchev–Trinajstić information content (AvgIpc) is 2.65. The van der Waals surface area contributed by atoms with E-state index in [0.717, 1.165) is 24.2 Å². The molecular formula is C15H17NO. The van der Waals surface area contributed by atoms with E-state index in [1.807, 2.05) is 18.2 Å². The zero-order chi connectivity index (χ0) is 11.7. The van der Waals surface area contributed by atoms with Crippen molar-refractivity contribution in [3.05, 3.63) is 42.2 Å². The monoisotopic (exact) mass is 227 g/mol. The molecule has 3 rings (SSSR count). The fraction of sp³-hybridized carbons (Fsp3) is 0.333. The molecule has 0 amide bonds. The molecule has 1 aromatic carbocycles. The SMILES string of the molecule is NC1C=C(c2cc3ccccc3o2)CCCC1. The van der Waals surface area contributed by atoms with Crippen molar-refractivity contribution >= 4 is 16.5 Å². The van der Waals surface area contributed by atoms with Crippen LogP contribution in [0.25, 0.3) is 16.5 Å². The van der Waals surface area contributed by atoms with Gasteiger partial charge in [-0.2, -0.15) is 0 Å². The largest absolute Gasteiger partial charge is 0.456 e. The van der Waals surface area contributed by atoms with Crippen molar-refractivity contribution in [1.82, 2.24) is 0 Å². The first-order chi connectivity index (χ1) is 8.33. The van der Waals surface area contributed by atoms with Crippen LogP contribution < -0.4 is 5.73 Å². The highest BCUT2D eigenvalue weighted by molar-refractivity contribution is 5.82. The highest BCUT2D eigenvalue weighted by Crippen LogP contribution is 2.30. The zero-order valence-corrected chi connectivity index (χ0v) is 9.86. The first-order valence-electron chi connectivity index (χ1n) is 6.28. The van der Waals surface area contributed by atoms with Gasteiger partial charge in [0.15, 0.2) is 0 Å². The number of rotatable bonds is 1. The molecule has 1 heterocycles. The lowest BCUT2D eigenvalue weighted by Crippen LogP contribution is -2.15. The summed E-state index contributed by atoms with van der Waals surface area (Å²) in [5.74, 6) is 0.989. The van der Waals surface area contributed by atoms with E-state index in [0.29, 0.717) is 0 Å². The molecule has 1 aliphatic carbocycles. The number of fused-ring (bicyclic) bond motifs is 1. The van der Waals surface area contributed by atoms with Gasteiger partial charge in [-0.05, 0) is 37.0 Å². The molecule has 2 nitrogen and oxygen atoms in total. The Morgan fingerprint density at radius 3 is 2.94 bits per heavy atom. The van der Waals surface area contributed by atoms with Crippen molar-refractivity contribution < 1.29 is 4.42 Å². The molecule has 2 aromatic rings. The Labute approximate surface area is 101 Å². The van der Waals surface area contributed by atoms with Crippen molar-refractivity contribution in [2.24, 2.45) is 5.73 Å². The summed E-state index contributed by atoms with van der Waals surface area (Å²) < 4.78 is 5.89. The molecule has 0 saturated carbocycles. The zero-order valence-electron chi connectivity index (χ0n) is 9.86. The summed E-state index contributed by atoms with van der Waals surface area (Å²) in [6, 6.07) is 10.4. The minimum Gasteiger partial charge on any atom is -0.456 e. The van der Waals surface area contributed by atoms with Gasteiger partial charge in [0, 0.05) is 11.4 Å². The molecule has 0 bridgehead atoms. The van der Waals surface area contributed by atoms with E-state index in [-0.39, 0.29) is 6.04 Å². The molecule has 2 heteroatoms. The van der Waals surface area contributed by atoms with Crippen LogP contribution in [0.1, 0.15) is 31.4 Å². The van der Waals surface area contributed by atoms with E-state index in [9.17, 15) is 0 Å². The maximum atomic E-state index is 6.04. The number of allylic oxidation sites excluding steroid dienone is 1. The standard InChI is InChI=1S/C15H17NO/c16-13-7-3-1-5-11(9-13)15-10-12-6-2-4-8-14(12)17-15/h2,4,6,8-10,13H,1,3,5,7,16H2. The van der Waals surface area contributed by atoms with Gasteiger partial charge in [0.25, 0.3) is 0 Å². The Hall–Kier alpha value is -1.54. The topological polar surface area (TPSA) is 39.2 Å². The summed E-state index contributed by atoms with van der Waals surface area (Å²) in [4.78, 5) is 0. The van der Waals surface area contributed by atoms with Crippen molar-refractivity contribution in [2.45, 2.75) is 31.7 Å². The predicted octanol–water partition coefficient (Wildman–Crippen LogP) is 3.72. The van der Waals surface area contributed by atoms with Crippen LogP contribution in [0, 0.1) is 0 Å². The number of furan rings is 1. The van der Waals surface area contributed by atoms with Crippen LogP contribution in [0.4, 0.5) is 0 Å². The van der Waals surface area contributed by atoms with Crippen LogP contribution in [0.2, 0.25) is 0 Å². The molecule has 2 N–H and O–H groups in total. The van der Waals surface area contributed by atoms with Gasteiger partial charge in [0.1, 0.15) is 11.3 Å². The number of benzene rings is 1. The summed E-state index contributed by atoms with van der Waals surface area (Å²) in [6.45, 7) is 0. The third-order valence-electron chi connectivity index (χ3n) is 3.39. The van der Waals surface area contributed by atoms with Crippen molar-refractivity contribution in [3.63, 3.8) is 0 Å². The van der Waals surface area contributed by atoms with Crippen LogP contribution in [0.15, 0.2) is 40.8 Å². The minimum absolute atomic E-state index is 0.181. The molecule has 1 atom stereocenters. The highest BCUT2D eigenvalue weighted by Gasteiger charge is 2.13. The Bertz CT molecular complexity index is 520. The van der Waals surface area contributed by atoms with Crippen LogP contribution in [0.5, 0.6) is 0 Å². The van der Waals surface area contributed by atoms with Crippen LogP contribution in [0.3, 0.4) is 0 Å². The van der Waals surface area contributed by atoms with E-state index in [1.54, 1.807) is 0 Å². The molecule has 1 aromatic heterocycles. The lowest BCUT2D eigenvalue weighted by Gasteiger charge is -2.03. The average molecular weight is 227 g/mol. The van der Waals surface area contributed by atoms with Gasteiger partial charge >= 0.3 is 0 Å². The number of hydrogen-bond donors (Lipinski definition) is 1. The molecule has 88 valence electrons. The molecule has 0 spiro atoms. The molecule has 1 aliphatic rings. The smallest absolute Gasteiger partial charge is 0.134 e. The molecule has 0 fully saturated rings. The van der Waals surface area contributed by atoms with Crippen LogP contribution >= 0.6 is 0 Å². The lowest BCUT2D eigenvalue weighted by atomic mass is 10.1. The summed E-state index contributed by atoms with van der Waals surface area (Å²) >= 11 is 0. The van der Waals surface area contributed by atoms with Gasteiger partial charge in [-0.1, -0.05) is 30.7 Å². The van der Waals surface area contributed by atoms with Crippen LogP contribution in [-0.2, 0) is 0 Å². The van der Waals surface area contributed by atoms with Gasteiger partial charge in [-0.25, -0.2) is 0 Å². The Balaban J connectivity index is 2.02. The second kappa shape index (κ2) is 4.38. The van der Waals surface area contributed by atoms with Gasteiger partial charge in [-0.15, -0.1) is 0 Å². The predicted molar refractivity (Wildman–Crippen MR) is 70.6 cm³/mol. The summed E-state index contributed by atoms with van der Waals surface area (Å²) in [7, 11) is 0. The first kappa shape index (κ1) is 10.6. The normalized spacial score (nSPS) is 21.2. The Kier molecular flexibility index (Phi) is 2.73. The summed E-state index contributed by atoms with van der Waals surface area (Å²) in [5, 5.41) is 1.17. The number of para-hydroxylation sites is 1.